The Balaban J connectivity index is 1.71. The molecular formula is C18H18BrClN2O3. The minimum absolute atomic E-state index is 0.0632. The predicted molar refractivity (Wildman–Crippen MR) is 101 cm³/mol. The fourth-order valence-electron chi connectivity index (χ4n) is 1.95. The summed E-state index contributed by atoms with van der Waals surface area (Å²) < 4.78 is 6.43. The number of ether oxygens (including phenoxy) is 1. The lowest BCUT2D eigenvalue weighted by molar-refractivity contribution is -0.129. The summed E-state index contributed by atoms with van der Waals surface area (Å²) in [5.41, 5.74) is 0.504. The Hall–Kier alpha value is -2.05. The molecule has 0 fully saturated rings. The van der Waals surface area contributed by atoms with Crippen molar-refractivity contribution >= 4 is 39.3 Å². The normalized spacial score (nSPS) is 10.2. The number of halogens is 2. The molecule has 0 radical (unpaired) electrons. The van der Waals surface area contributed by atoms with E-state index in [1.807, 2.05) is 0 Å². The highest BCUT2D eigenvalue weighted by Gasteiger charge is 2.11. The molecule has 0 aliphatic heterocycles. The molecule has 1 N–H and O–H groups in total. The Labute approximate surface area is 160 Å². The van der Waals surface area contributed by atoms with Crippen LogP contribution in [-0.2, 0) is 4.79 Å². The lowest BCUT2D eigenvalue weighted by atomic mass is 10.2. The molecule has 0 heterocycles. The largest absolute Gasteiger partial charge is 0.492 e. The van der Waals surface area contributed by atoms with Gasteiger partial charge in [-0.05, 0) is 48.5 Å². The molecule has 5 nitrogen and oxygen atoms in total. The molecule has 0 aromatic heterocycles. The number of hydrogen-bond donors (Lipinski definition) is 1. The van der Waals surface area contributed by atoms with E-state index in [-0.39, 0.29) is 18.4 Å². The molecule has 2 aromatic rings. The standard InChI is InChI=1S/C18H18BrClN2O3/c1-22(10-11-25-16-8-6-15(20)7-9-16)17(23)12-21-18(24)13-2-4-14(19)5-3-13/h2-9H,10-12H2,1H3,(H,21,24). The molecule has 2 aromatic carbocycles. The van der Waals surface area contributed by atoms with Crippen LogP contribution in [0.1, 0.15) is 10.4 Å². The lowest BCUT2D eigenvalue weighted by Crippen LogP contribution is -2.39. The van der Waals surface area contributed by atoms with E-state index in [1.165, 1.54) is 4.90 Å². The summed E-state index contributed by atoms with van der Waals surface area (Å²) in [5, 5.41) is 3.25. The fourth-order valence-corrected chi connectivity index (χ4v) is 2.34. The monoisotopic (exact) mass is 424 g/mol. The van der Waals surface area contributed by atoms with Crippen molar-refractivity contribution in [3.8, 4) is 5.75 Å². The van der Waals surface area contributed by atoms with Crippen molar-refractivity contribution < 1.29 is 14.3 Å². The third-order valence-corrected chi connectivity index (χ3v) is 4.22. The van der Waals surface area contributed by atoms with Gasteiger partial charge < -0.3 is 15.0 Å². The van der Waals surface area contributed by atoms with Gasteiger partial charge in [-0.25, -0.2) is 0 Å². The molecule has 2 rings (SSSR count). The summed E-state index contributed by atoms with van der Waals surface area (Å²) in [6, 6.07) is 13.9. The maximum absolute atomic E-state index is 12.1. The smallest absolute Gasteiger partial charge is 0.251 e. The molecule has 2 amide bonds. The van der Waals surface area contributed by atoms with Crippen LogP contribution in [0, 0.1) is 0 Å². The molecule has 0 atom stereocenters. The molecule has 0 bridgehead atoms. The van der Waals surface area contributed by atoms with Gasteiger partial charge in [0, 0.05) is 22.1 Å². The SMILES string of the molecule is CN(CCOc1ccc(Cl)cc1)C(=O)CNC(=O)c1ccc(Br)cc1. The van der Waals surface area contributed by atoms with Crippen molar-refractivity contribution in [1.82, 2.24) is 10.2 Å². The molecule has 0 saturated carbocycles. The number of carbonyl (C=O) groups is 2. The summed E-state index contributed by atoms with van der Waals surface area (Å²) in [4.78, 5) is 25.5. The van der Waals surface area contributed by atoms with Crippen molar-refractivity contribution in [2.45, 2.75) is 0 Å². The average Bonchev–Trinajstić information content (AvgIpc) is 2.61. The van der Waals surface area contributed by atoms with Crippen LogP contribution in [0.5, 0.6) is 5.75 Å². The van der Waals surface area contributed by atoms with Gasteiger partial charge in [0.1, 0.15) is 12.4 Å². The molecule has 0 spiro atoms. The second-order valence-corrected chi connectivity index (χ2v) is 6.66. The third-order valence-electron chi connectivity index (χ3n) is 3.44. The van der Waals surface area contributed by atoms with Gasteiger partial charge in [0.05, 0.1) is 13.1 Å². The van der Waals surface area contributed by atoms with Gasteiger partial charge in [-0.15, -0.1) is 0 Å². The molecule has 0 aliphatic rings. The number of rotatable bonds is 7. The first-order valence-electron chi connectivity index (χ1n) is 7.62. The first kappa shape index (κ1) is 19.3. The number of hydrogen-bond acceptors (Lipinski definition) is 3. The second kappa shape index (κ2) is 9.44. The number of carbonyl (C=O) groups excluding carboxylic acids is 2. The van der Waals surface area contributed by atoms with E-state index in [4.69, 9.17) is 16.3 Å². The summed E-state index contributed by atoms with van der Waals surface area (Å²) in [6.45, 7) is 0.701. The molecule has 25 heavy (non-hydrogen) atoms. The van der Waals surface area contributed by atoms with Crippen molar-refractivity contribution in [2.24, 2.45) is 0 Å². The second-order valence-electron chi connectivity index (χ2n) is 5.31. The average molecular weight is 426 g/mol. The van der Waals surface area contributed by atoms with Crippen LogP contribution in [0.4, 0.5) is 0 Å². The van der Waals surface area contributed by atoms with E-state index in [1.54, 1.807) is 55.6 Å². The Morgan fingerprint density at radius 1 is 1.12 bits per heavy atom. The van der Waals surface area contributed by atoms with Crippen LogP contribution in [-0.4, -0.2) is 43.5 Å². The summed E-state index contributed by atoms with van der Waals surface area (Å²) in [7, 11) is 1.67. The highest BCUT2D eigenvalue weighted by Crippen LogP contribution is 2.15. The predicted octanol–water partition coefficient (Wildman–Crippen LogP) is 3.37. The van der Waals surface area contributed by atoms with E-state index in [2.05, 4.69) is 21.2 Å². The van der Waals surface area contributed by atoms with Crippen LogP contribution >= 0.6 is 27.5 Å². The third kappa shape index (κ3) is 6.40. The number of benzene rings is 2. The Morgan fingerprint density at radius 2 is 1.76 bits per heavy atom. The van der Waals surface area contributed by atoms with Crippen LogP contribution in [0.3, 0.4) is 0 Å². The number of amides is 2. The molecule has 0 unspecified atom stereocenters. The quantitative estimate of drug-likeness (QED) is 0.740. The zero-order valence-corrected chi connectivity index (χ0v) is 16.0. The van der Waals surface area contributed by atoms with E-state index < -0.39 is 0 Å². The van der Waals surface area contributed by atoms with Crippen LogP contribution in [0.15, 0.2) is 53.0 Å². The molecule has 7 heteroatoms. The van der Waals surface area contributed by atoms with E-state index in [0.29, 0.717) is 29.5 Å². The van der Waals surface area contributed by atoms with Gasteiger partial charge in [-0.1, -0.05) is 27.5 Å². The van der Waals surface area contributed by atoms with Gasteiger partial charge in [0.25, 0.3) is 5.91 Å². The van der Waals surface area contributed by atoms with E-state index in [9.17, 15) is 9.59 Å². The minimum atomic E-state index is -0.285. The summed E-state index contributed by atoms with van der Waals surface area (Å²) in [6.07, 6.45) is 0. The first-order chi connectivity index (χ1) is 12.0. The van der Waals surface area contributed by atoms with E-state index in [0.717, 1.165) is 4.47 Å². The van der Waals surface area contributed by atoms with Crippen molar-refractivity contribution in [1.29, 1.82) is 0 Å². The topological polar surface area (TPSA) is 58.6 Å². The van der Waals surface area contributed by atoms with Crippen LogP contribution in [0.2, 0.25) is 5.02 Å². The Kier molecular flexibility index (Phi) is 7.28. The lowest BCUT2D eigenvalue weighted by Gasteiger charge is -2.18. The molecule has 0 aliphatic carbocycles. The van der Waals surface area contributed by atoms with Crippen molar-refractivity contribution in [3.63, 3.8) is 0 Å². The van der Waals surface area contributed by atoms with Crippen LogP contribution < -0.4 is 10.1 Å². The van der Waals surface area contributed by atoms with Gasteiger partial charge in [-0.3, -0.25) is 9.59 Å². The molecular weight excluding hydrogens is 408 g/mol. The zero-order valence-electron chi connectivity index (χ0n) is 13.7. The highest BCUT2D eigenvalue weighted by atomic mass is 79.9. The maximum Gasteiger partial charge on any atom is 0.251 e. The summed E-state index contributed by atoms with van der Waals surface area (Å²) >= 11 is 9.11. The minimum Gasteiger partial charge on any atom is -0.492 e. The van der Waals surface area contributed by atoms with Crippen molar-refractivity contribution in [3.05, 3.63) is 63.6 Å². The van der Waals surface area contributed by atoms with E-state index >= 15 is 0 Å². The molecule has 132 valence electrons. The Morgan fingerprint density at radius 3 is 2.40 bits per heavy atom. The van der Waals surface area contributed by atoms with Gasteiger partial charge >= 0.3 is 0 Å². The van der Waals surface area contributed by atoms with Gasteiger partial charge in [-0.2, -0.15) is 0 Å². The molecule has 0 saturated heterocycles. The van der Waals surface area contributed by atoms with Crippen molar-refractivity contribution in [2.75, 3.05) is 26.7 Å². The zero-order chi connectivity index (χ0) is 18.2. The maximum atomic E-state index is 12.1. The van der Waals surface area contributed by atoms with Gasteiger partial charge in [0.2, 0.25) is 5.91 Å². The summed E-state index contributed by atoms with van der Waals surface area (Å²) in [5.74, 6) is 0.214. The number of likely N-dealkylation sites (N-methyl/N-ethyl adjacent to an activating group) is 1. The highest BCUT2D eigenvalue weighted by molar-refractivity contribution is 9.10. The van der Waals surface area contributed by atoms with Crippen LogP contribution in [0.25, 0.3) is 0 Å². The first-order valence-corrected chi connectivity index (χ1v) is 8.79. The van der Waals surface area contributed by atoms with Gasteiger partial charge in [0.15, 0.2) is 0 Å². The Bertz CT molecular complexity index is 720. The number of nitrogens with zero attached hydrogens (tertiary/aromatic N) is 1. The fraction of sp³-hybridized carbons (Fsp3) is 0.222. The number of nitrogens with one attached hydrogen (secondary N) is 1.